The number of ketones is 1. The predicted molar refractivity (Wildman–Crippen MR) is 107 cm³/mol. The van der Waals surface area contributed by atoms with Gasteiger partial charge in [0, 0.05) is 24.3 Å². The fraction of sp³-hybridized carbons (Fsp3) is 0.333. The molecule has 0 N–H and O–H groups in total. The minimum absolute atomic E-state index is 0.0760. The number of piperazine rings is 1. The summed E-state index contributed by atoms with van der Waals surface area (Å²) in [6.07, 6.45) is 0. The second-order valence-corrected chi connectivity index (χ2v) is 6.50. The van der Waals surface area contributed by atoms with Crippen molar-refractivity contribution in [3.63, 3.8) is 0 Å². The van der Waals surface area contributed by atoms with Crippen molar-refractivity contribution in [3.8, 4) is 0 Å². The fourth-order valence-corrected chi connectivity index (χ4v) is 2.94. The van der Waals surface area contributed by atoms with Crippen LogP contribution in [0, 0.1) is 0 Å². The molecule has 1 fully saturated rings. The fourth-order valence-electron chi connectivity index (χ4n) is 2.94. The highest BCUT2D eigenvalue weighted by Crippen LogP contribution is 2.19. The van der Waals surface area contributed by atoms with Crippen LogP contribution in [0.2, 0.25) is 0 Å². The maximum absolute atomic E-state index is 11.7. The molecule has 0 spiro atoms. The molecular formula is C21H24N4O3. The van der Waals surface area contributed by atoms with E-state index >= 15 is 0 Å². The summed E-state index contributed by atoms with van der Waals surface area (Å²) in [6, 6.07) is 14.6. The smallest absolute Gasteiger partial charge is 0.338 e. The van der Waals surface area contributed by atoms with Gasteiger partial charge in [-0.25, -0.2) is 4.79 Å². The number of anilines is 1. The first kappa shape index (κ1) is 19.5. The average Bonchev–Trinajstić information content (AvgIpc) is 2.73. The number of rotatable bonds is 6. The van der Waals surface area contributed by atoms with Crippen LogP contribution in [0.5, 0.6) is 0 Å². The predicted octanol–water partition coefficient (Wildman–Crippen LogP) is 3.89. The Hall–Kier alpha value is -3.22. The third-order valence-electron chi connectivity index (χ3n) is 4.56. The molecule has 0 atom stereocenters. The summed E-state index contributed by atoms with van der Waals surface area (Å²) < 4.78 is 4.97. The molecule has 1 saturated heterocycles. The number of carbonyl (C=O) groups excluding carboxylic acids is 2. The van der Waals surface area contributed by atoms with E-state index in [1.54, 1.807) is 38.1 Å². The third-order valence-corrected chi connectivity index (χ3v) is 4.56. The van der Waals surface area contributed by atoms with Crippen molar-refractivity contribution in [2.45, 2.75) is 13.8 Å². The lowest BCUT2D eigenvalue weighted by Crippen LogP contribution is -2.43. The number of hydrogen-bond acceptors (Lipinski definition) is 6. The van der Waals surface area contributed by atoms with Crippen LogP contribution in [0.3, 0.4) is 0 Å². The van der Waals surface area contributed by atoms with Gasteiger partial charge in [-0.1, -0.05) is 5.22 Å². The van der Waals surface area contributed by atoms with Crippen molar-refractivity contribution in [2.24, 2.45) is 10.3 Å². The zero-order chi connectivity index (χ0) is 19.9. The number of carbonyl (C=O) groups is 2. The highest BCUT2D eigenvalue weighted by Gasteiger charge is 2.16. The Labute approximate surface area is 164 Å². The van der Waals surface area contributed by atoms with Crippen molar-refractivity contribution in [3.05, 3.63) is 59.7 Å². The minimum Gasteiger partial charge on any atom is -0.462 e. The average molecular weight is 380 g/mol. The van der Waals surface area contributed by atoms with Gasteiger partial charge in [0.05, 0.1) is 30.9 Å². The Balaban J connectivity index is 1.52. The minimum atomic E-state index is -0.335. The van der Waals surface area contributed by atoms with Gasteiger partial charge in [-0.3, -0.25) is 9.80 Å². The van der Waals surface area contributed by atoms with Gasteiger partial charge >= 0.3 is 5.97 Å². The van der Waals surface area contributed by atoms with Crippen molar-refractivity contribution in [2.75, 3.05) is 37.7 Å². The molecule has 0 aromatic heterocycles. The highest BCUT2D eigenvalue weighted by atomic mass is 16.5. The molecule has 7 nitrogen and oxygen atoms in total. The number of hydrogen-bond donors (Lipinski definition) is 0. The summed E-state index contributed by atoms with van der Waals surface area (Å²) in [4.78, 5) is 25.3. The Morgan fingerprint density at radius 3 is 2.11 bits per heavy atom. The molecule has 3 rings (SSSR count). The van der Waals surface area contributed by atoms with E-state index in [1.807, 2.05) is 29.3 Å². The van der Waals surface area contributed by atoms with Crippen molar-refractivity contribution in [1.82, 2.24) is 5.01 Å². The van der Waals surface area contributed by atoms with Gasteiger partial charge in [-0.15, -0.1) is 5.11 Å². The molecule has 146 valence electrons. The molecular weight excluding hydrogens is 356 g/mol. The van der Waals surface area contributed by atoms with E-state index in [0.29, 0.717) is 17.9 Å². The molecule has 0 saturated carbocycles. The van der Waals surface area contributed by atoms with Crippen molar-refractivity contribution < 1.29 is 14.3 Å². The first-order chi connectivity index (χ1) is 13.6. The maximum Gasteiger partial charge on any atom is 0.338 e. The second-order valence-electron chi connectivity index (χ2n) is 6.50. The Morgan fingerprint density at radius 1 is 0.929 bits per heavy atom. The Kier molecular flexibility index (Phi) is 6.37. The van der Waals surface area contributed by atoms with Crippen LogP contribution < -0.4 is 4.90 Å². The van der Waals surface area contributed by atoms with Crippen molar-refractivity contribution >= 4 is 23.1 Å². The third kappa shape index (κ3) is 4.94. The number of esters is 1. The first-order valence-corrected chi connectivity index (χ1v) is 9.36. The highest BCUT2D eigenvalue weighted by molar-refractivity contribution is 5.94. The monoisotopic (exact) mass is 380 g/mol. The van der Waals surface area contributed by atoms with E-state index < -0.39 is 0 Å². The molecule has 2 aromatic rings. The van der Waals surface area contributed by atoms with Crippen LogP contribution in [-0.4, -0.2) is 49.5 Å². The summed E-state index contributed by atoms with van der Waals surface area (Å²) in [7, 11) is 0. The molecule has 0 bridgehead atoms. The summed E-state index contributed by atoms with van der Waals surface area (Å²) in [5, 5.41) is 10.5. The summed E-state index contributed by atoms with van der Waals surface area (Å²) in [5.74, 6) is -0.259. The molecule has 0 radical (unpaired) electrons. The normalized spacial score (nSPS) is 14.4. The number of nitrogens with zero attached hydrogens (tertiary/aromatic N) is 4. The largest absolute Gasteiger partial charge is 0.462 e. The molecule has 28 heavy (non-hydrogen) atoms. The summed E-state index contributed by atoms with van der Waals surface area (Å²) in [6.45, 7) is 6.90. The lowest BCUT2D eigenvalue weighted by molar-refractivity contribution is 0.0526. The van der Waals surface area contributed by atoms with Crippen LogP contribution in [0.25, 0.3) is 0 Å². The molecule has 1 heterocycles. The van der Waals surface area contributed by atoms with Gasteiger partial charge in [0.2, 0.25) is 0 Å². The zero-order valence-corrected chi connectivity index (χ0v) is 16.2. The van der Waals surface area contributed by atoms with E-state index in [0.717, 1.165) is 37.4 Å². The van der Waals surface area contributed by atoms with Crippen LogP contribution in [0.4, 0.5) is 11.4 Å². The molecule has 7 heteroatoms. The van der Waals surface area contributed by atoms with E-state index in [-0.39, 0.29) is 11.8 Å². The molecule has 0 aliphatic carbocycles. The molecule has 0 amide bonds. The number of ether oxygens (including phenoxy) is 1. The van der Waals surface area contributed by atoms with Crippen LogP contribution in [-0.2, 0) is 4.74 Å². The van der Waals surface area contributed by atoms with Gasteiger partial charge < -0.3 is 9.64 Å². The Morgan fingerprint density at radius 2 is 1.54 bits per heavy atom. The molecule has 1 aliphatic rings. The van der Waals surface area contributed by atoms with Gasteiger partial charge in [0.1, 0.15) is 0 Å². The second kappa shape index (κ2) is 9.12. The topological polar surface area (TPSA) is 74.6 Å². The quantitative estimate of drug-likeness (QED) is 0.432. The van der Waals surface area contributed by atoms with Crippen LogP contribution in [0.1, 0.15) is 34.6 Å². The van der Waals surface area contributed by atoms with E-state index in [1.165, 1.54) is 0 Å². The van der Waals surface area contributed by atoms with E-state index in [4.69, 9.17) is 4.74 Å². The van der Waals surface area contributed by atoms with Crippen LogP contribution in [0.15, 0.2) is 58.9 Å². The molecule has 1 aliphatic heterocycles. The van der Waals surface area contributed by atoms with Gasteiger partial charge in [0.15, 0.2) is 5.78 Å². The SMILES string of the molecule is CCOC(=O)c1ccc(/N=N/N2CCN(c3ccc(C(C)=O)cc3)CC2)cc1. The summed E-state index contributed by atoms with van der Waals surface area (Å²) >= 11 is 0. The zero-order valence-electron chi connectivity index (χ0n) is 16.2. The van der Waals surface area contributed by atoms with Crippen LogP contribution >= 0.6 is 0 Å². The maximum atomic E-state index is 11.7. The summed E-state index contributed by atoms with van der Waals surface area (Å²) in [5.41, 5.74) is 3.03. The lowest BCUT2D eigenvalue weighted by Gasteiger charge is -2.33. The standard InChI is InChI=1S/C21H24N4O3/c1-3-28-21(27)18-4-8-19(9-5-18)22-23-25-14-12-24(13-15-25)20-10-6-17(7-11-20)16(2)26/h4-11H,3,12-15H2,1-2H3/b23-22+. The number of benzene rings is 2. The van der Waals surface area contributed by atoms with Gasteiger partial charge in [-0.05, 0) is 62.4 Å². The van der Waals surface area contributed by atoms with E-state index in [2.05, 4.69) is 15.2 Å². The van der Waals surface area contributed by atoms with Gasteiger partial charge in [-0.2, -0.15) is 0 Å². The molecule has 2 aromatic carbocycles. The van der Waals surface area contributed by atoms with Gasteiger partial charge in [0.25, 0.3) is 0 Å². The molecule has 0 unspecified atom stereocenters. The Bertz CT molecular complexity index is 839. The lowest BCUT2D eigenvalue weighted by atomic mass is 10.1. The van der Waals surface area contributed by atoms with Crippen molar-refractivity contribution in [1.29, 1.82) is 0 Å². The van der Waals surface area contributed by atoms with E-state index in [9.17, 15) is 9.59 Å². The number of Topliss-reactive ketones (excluding diaryl/α,β-unsaturated/α-hetero) is 1. The first-order valence-electron chi connectivity index (χ1n) is 9.36.